The first-order valence-corrected chi connectivity index (χ1v) is 10.1. The lowest BCUT2D eigenvalue weighted by atomic mass is 9.98. The van der Waals surface area contributed by atoms with Crippen molar-refractivity contribution in [2.75, 3.05) is 6.54 Å². The van der Waals surface area contributed by atoms with Gasteiger partial charge >= 0.3 is 5.63 Å². The second-order valence-electron chi connectivity index (χ2n) is 7.81. The highest BCUT2D eigenvalue weighted by Crippen LogP contribution is 2.36. The van der Waals surface area contributed by atoms with E-state index in [-0.39, 0.29) is 12.3 Å². The topological polar surface area (TPSA) is 72.5 Å². The highest BCUT2D eigenvalue weighted by Gasteiger charge is 2.21. The van der Waals surface area contributed by atoms with Crippen molar-refractivity contribution in [1.82, 2.24) is 5.32 Å². The van der Waals surface area contributed by atoms with Crippen LogP contribution in [0, 0.1) is 27.7 Å². The van der Waals surface area contributed by atoms with E-state index in [0.29, 0.717) is 23.3 Å². The molecule has 0 aliphatic rings. The fourth-order valence-electron chi connectivity index (χ4n) is 4.05. The summed E-state index contributed by atoms with van der Waals surface area (Å²) in [6.45, 7) is 8.30. The quantitative estimate of drug-likeness (QED) is 0.491. The van der Waals surface area contributed by atoms with E-state index in [1.54, 1.807) is 0 Å². The van der Waals surface area contributed by atoms with Crippen LogP contribution in [0.5, 0.6) is 0 Å². The number of nitrogens with one attached hydrogen (secondary N) is 1. The van der Waals surface area contributed by atoms with Gasteiger partial charge in [-0.05, 0) is 62.4 Å². The molecule has 2 aromatic heterocycles. The van der Waals surface area contributed by atoms with Gasteiger partial charge in [-0.1, -0.05) is 30.3 Å². The van der Waals surface area contributed by atoms with E-state index in [0.717, 1.165) is 45.2 Å². The highest BCUT2D eigenvalue weighted by atomic mass is 16.4. The smallest absolute Gasteiger partial charge is 0.340 e. The van der Waals surface area contributed by atoms with Gasteiger partial charge in [-0.25, -0.2) is 4.79 Å². The van der Waals surface area contributed by atoms with Crippen molar-refractivity contribution in [3.8, 4) is 0 Å². The number of carbonyl (C=O) groups is 1. The molecular weight excluding hydrogens is 378 g/mol. The number of aryl methyl sites for hydroxylation is 4. The molecule has 0 saturated heterocycles. The molecule has 0 saturated carbocycles. The average molecular weight is 403 g/mol. The van der Waals surface area contributed by atoms with Crippen molar-refractivity contribution >= 4 is 27.8 Å². The van der Waals surface area contributed by atoms with E-state index in [1.807, 2.05) is 64.1 Å². The van der Waals surface area contributed by atoms with Gasteiger partial charge in [0.1, 0.15) is 16.9 Å². The van der Waals surface area contributed by atoms with Gasteiger partial charge in [-0.2, -0.15) is 0 Å². The Morgan fingerprint density at radius 1 is 0.967 bits per heavy atom. The van der Waals surface area contributed by atoms with Crippen LogP contribution in [0.2, 0.25) is 0 Å². The fraction of sp³-hybridized carbons (Fsp3) is 0.280. The molecule has 0 unspecified atom stereocenters. The Morgan fingerprint density at radius 2 is 1.70 bits per heavy atom. The molecule has 0 aliphatic heterocycles. The first-order chi connectivity index (χ1) is 14.4. The molecule has 4 aromatic rings. The molecule has 30 heavy (non-hydrogen) atoms. The summed E-state index contributed by atoms with van der Waals surface area (Å²) < 4.78 is 11.6. The molecule has 1 N–H and O–H groups in total. The van der Waals surface area contributed by atoms with E-state index in [4.69, 9.17) is 8.83 Å². The first kappa shape index (κ1) is 20.0. The summed E-state index contributed by atoms with van der Waals surface area (Å²) in [5, 5.41) is 4.70. The molecule has 5 nitrogen and oxygen atoms in total. The van der Waals surface area contributed by atoms with E-state index < -0.39 is 5.63 Å². The third-order valence-electron chi connectivity index (χ3n) is 5.79. The summed E-state index contributed by atoms with van der Waals surface area (Å²) in [5.41, 5.74) is 5.07. The largest absolute Gasteiger partial charge is 0.460 e. The summed E-state index contributed by atoms with van der Waals surface area (Å²) in [6.07, 6.45) is 0.718. The number of furan rings is 1. The van der Waals surface area contributed by atoms with Crippen LogP contribution in [-0.4, -0.2) is 12.5 Å². The third-order valence-corrected chi connectivity index (χ3v) is 5.79. The number of fused-ring (bicyclic) bond motifs is 3. The maximum absolute atomic E-state index is 12.6. The Morgan fingerprint density at radius 3 is 2.43 bits per heavy atom. The molecule has 0 aliphatic carbocycles. The van der Waals surface area contributed by atoms with Gasteiger partial charge in [0.15, 0.2) is 0 Å². The lowest BCUT2D eigenvalue weighted by Crippen LogP contribution is -2.29. The van der Waals surface area contributed by atoms with Crippen LogP contribution in [0.1, 0.15) is 33.6 Å². The zero-order valence-electron chi connectivity index (χ0n) is 17.7. The summed E-state index contributed by atoms with van der Waals surface area (Å²) in [5.74, 6) is 0.641. The van der Waals surface area contributed by atoms with Crippen LogP contribution in [-0.2, 0) is 17.6 Å². The van der Waals surface area contributed by atoms with Crippen molar-refractivity contribution in [1.29, 1.82) is 0 Å². The normalized spacial score (nSPS) is 11.3. The minimum Gasteiger partial charge on any atom is -0.460 e. The third kappa shape index (κ3) is 3.52. The van der Waals surface area contributed by atoms with Crippen molar-refractivity contribution in [3.63, 3.8) is 0 Å². The van der Waals surface area contributed by atoms with Crippen molar-refractivity contribution in [3.05, 3.63) is 80.4 Å². The van der Waals surface area contributed by atoms with Gasteiger partial charge in [0.25, 0.3) is 0 Å². The van der Waals surface area contributed by atoms with Crippen molar-refractivity contribution in [2.24, 2.45) is 0 Å². The van der Waals surface area contributed by atoms with Gasteiger partial charge in [-0.3, -0.25) is 4.79 Å². The maximum atomic E-state index is 12.6. The molecule has 5 heteroatoms. The van der Waals surface area contributed by atoms with Crippen LogP contribution in [0.4, 0.5) is 0 Å². The van der Waals surface area contributed by atoms with Crippen LogP contribution in [0.3, 0.4) is 0 Å². The zero-order valence-corrected chi connectivity index (χ0v) is 17.7. The Balaban J connectivity index is 1.65. The molecular formula is C25H25NO4. The SMILES string of the molecule is Cc1oc2c(c(C)cc3oc(=O)c(CC(=O)NCCc4ccccc4)c(C)c32)c1C. The van der Waals surface area contributed by atoms with Gasteiger partial charge < -0.3 is 14.2 Å². The Kier molecular flexibility index (Phi) is 5.20. The van der Waals surface area contributed by atoms with E-state index in [1.165, 1.54) is 0 Å². The maximum Gasteiger partial charge on any atom is 0.340 e. The lowest BCUT2D eigenvalue weighted by Gasteiger charge is -2.10. The fourth-order valence-corrected chi connectivity index (χ4v) is 4.05. The molecule has 2 aromatic carbocycles. The van der Waals surface area contributed by atoms with Crippen molar-refractivity contribution < 1.29 is 13.6 Å². The molecule has 0 spiro atoms. The molecule has 0 atom stereocenters. The van der Waals surface area contributed by atoms with Gasteiger partial charge in [0, 0.05) is 11.9 Å². The minimum absolute atomic E-state index is 0.0209. The average Bonchev–Trinajstić information content (AvgIpc) is 3.00. The second-order valence-corrected chi connectivity index (χ2v) is 7.81. The Labute approximate surface area is 174 Å². The Hall–Kier alpha value is -3.34. The standard InChI is InChI=1S/C25H25NO4/c1-14-12-20-23(24-22(14)15(2)17(4)29-24)16(3)19(25(28)30-20)13-21(27)26-11-10-18-8-6-5-7-9-18/h5-9,12H,10-11,13H2,1-4H3,(H,26,27). The van der Waals surface area contributed by atoms with E-state index >= 15 is 0 Å². The number of amides is 1. The lowest BCUT2D eigenvalue weighted by molar-refractivity contribution is -0.120. The van der Waals surface area contributed by atoms with Crippen LogP contribution in [0.15, 0.2) is 50.0 Å². The predicted molar refractivity (Wildman–Crippen MR) is 118 cm³/mol. The van der Waals surface area contributed by atoms with Crippen molar-refractivity contribution in [2.45, 2.75) is 40.5 Å². The Bertz CT molecular complexity index is 1310. The van der Waals surface area contributed by atoms with Crippen LogP contribution < -0.4 is 10.9 Å². The summed E-state index contributed by atoms with van der Waals surface area (Å²) in [4.78, 5) is 25.1. The number of rotatable bonds is 5. The highest BCUT2D eigenvalue weighted by molar-refractivity contribution is 6.07. The monoisotopic (exact) mass is 403 g/mol. The minimum atomic E-state index is -0.475. The predicted octanol–water partition coefficient (Wildman–Crippen LogP) is 4.67. The number of hydrogen-bond acceptors (Lipinski definition) is 4. The molecule has 0 radical (unpaired) electrons. The second kappa shape index (κ2) is 7.82. The molecule has 2 heterocycles. The van der Waals surface area contributed by atoms with Crippen LogP contribution in [0.25, 0.3) is 21.9 Å². The molecule has 154 valence electrons. The van der Waals surface area contributed by atoms with E-state index in [9.17, 15) is 9.59 Å². The molecule has 0 fully saturated rings. The number of hydrogen-bond donors (Lipinski definition) is 1. The van der Waals surface area contributed by atoms with Gasteiger partial charge in [0.05, 0.1) is 17.4 Å². The summed E-state index contributed by atoms with van der Waals surface area (Å²) >= 11 is 0. The molecule has 0 bridgehead atoms. The zero-order chi connectivity index (χ0) is 21.4. The summed E-state index contributed by atoms with van der Waals surface area (Å²) in [6, 6.07) is 11.8. The van der Waals surface area contributed by atoms with Gasteiger partial charge in [-0.15, -0.1) is 0 Å². The number of carbonyl (C=O) groups excluding carboxylic acids is 1. The summed E-state index contributed by atoms with van der Waals surface area (Å²) in [7, 11) is 0. The van der Waals surface area contributed by atoms with Crippen LogP contribution >= 0.6 is 0 Å². The van der Waals surface area contributed by atoms with Gasteiger partial charge in [0.2, 0.25) is 5.91 Å². The molecule has 1 amide bonds. The first-order valence-electron chi connectivity index (χ1n) is 10.1. The van der Waals surface area contributed by atoms with E-state index in [2.05, 4.69) is 5.32 Å². The molecule has 4 rings (SSSR count). The number of benzene rings is 2.